The van der Waals surface area contributed by atoms with E-state index in [0.29, 0.717) is 12.1 Å². The van der Waals surface area contributed by atoms with E-state index in [9.17, 15) is 0 Å². The molecule has 0 aromatic carbocycles. The summed E-state index contributed by atoms with van der Waals surface area (Å²) in [6.07, 6.45) is 6.19. The van der Waals surface area contributed by atoms with Crippen LogP contribution in [0.15, 0.2) is 4.99 Å². The average Bonchev–Trinajstić information content (AvgIpc) is 2.45. The second-order valence-electron chi connectivity index (χ2n) is 5.13. The fraction of sp³-hybridized carbons (Fsp3) is 0.923. The lowest BCUT2D eigenvalue weighted by molar-refractivity contribution is 0.311. The summed E-state index contributed by atoms with van der Waals surface area (Å²) in [7, 11) is 8.06. The zero-order valence-electron chi connectivity index (χ0n) is 11.2. The van der Waals surface area contributed by atoms with Crippen LogP contribution in [0.3, 0.4) is 0 Å². The molecule has 0 saturated heterocycles. The zero-order valence-corrected chi connectivity index (χ0v) is 11.2. The van der Waals surface area contributed by atoms with E-state index < -0.39 is 0 Å². The van der Waals surface area contributed by atoms with Gasteiger partial charge in [-0.15, -0.1) is 0 Å². The van der Waals surface area contributed by atoms with Gasteiger partial charge in [-0.1, -0.05) is 38.9 Å². The number of likely N-dealkylation sites (N-methyl/N-ethyl adjacent to an activating group) is 1. The highest BCUT2D eigenvalue weighted by Gasteiger charge is 2.31. The first-order valence-electron chi connectivity index (χ1n) is 6.59. The number of amidine groups is 1. The average molecular weight is 220 g/mol. The number of aliphatic imine (C=N–C) groups is 1. The third-order valence-electron chi connectivity index (χ3n) is 3.52. The minimum atomic E-state index is 0.252. The Balaban J connectivity index is 2.51. The highest BCUT2D eigenvalue weighted by Crippen LogP contribution is 2.26. The maximum Gasteiger partial charge on any atom is 0.0962 e. The van der Waals surface area contributed by atoms with Crippen molar-refractivity contribution >= 4 is 13.7 Å². The van der Waals surface area contributed by atoms with Crippen LogP contribution in [0, 0.1) is 0 Å². The number of hydrogen-bond donors (Lipinski definition) is 0. The van der Waals surface area contributed by atoms with Crippen molar-refractivity contribution in [2.45, 2.75) is 70.8 Å². The van der Waals surface area contributed by atoms with Gasteiger partial charge in [-0.3, -0.25) is 4.99 Å². The van der Waals surface area contributed by atoms with Crippen molar-refractivity contribution in [1.29, 1.82) is 0 Å². The van der Waals surface area contributed by atoms with Crippen molar-refractivity contribution in [1.82, 2.24) is 4.90 Å². The summed E-state index contributed by atoms with van der Waals surface area (Å²) in [6.45, 7) is 6.43. The summed E-state index contributed by atoms with van der Waals surface area (Å²) in [5.41, 5.74) is 0. The molecule has 0 aliphatic carbocycles. The molecule has 2 nitrogen and oxygen atoms in total. The van der Waals surface area contributed by atoms with Crippen LogP contribution in [-0.2, 0) is 0 Å². The van der Waals surface area contributed by atoms with E-state index in [1.54, 1.807) is 0 Å². The van der Waals surface area contributed by atoms with Gasteiger partial charge in [0, 0.05) is 7.05 Å². The van der Waals surface area contributed by atoms with Crippen molar-refractivity contribution < 1.29 is 0 Å². The smallest absolute Gasteiger partial charge is 0.0962 e. The molecule has 0 bridgehead atoms. The molecule has 0 saturated carbocycles. The first-order chi connectivity index (χ1) is 7.56. The quantitative estimate of drug-likeness (QED) is 0.496. The van der Waals surface area contributed by atoms with Crippen LogP contribution in [0.5, 0.6) is 0 Å². The van der Waals surface area contributed by atoms with Crippen LogP contribution in [0.2, 0.25) is 5.82 Å². The molecule has 3 atom stereocenters. The van der Waals surface area contributed by atoms with Gasteiger partial charge in [0.05, 0.1) is 25.8 Å². The van der Waals surface area contributed by atoms with Gasteiger partial charge in [0.25, 0.3) is 0 Å². The van der Waals surface area contributed by atoms with Crippen LogP contribution in [-0.4, -0.2) is 37.7 Å². The molecule has 0 N–H and O–H groups in total. The predicted octanol–water partition coefficient (Wildman–Crippen LogP) is 3.03. The monoisotopic (exact) mass is 220 g/mol. The molecule has 2 unspecified atom stereocenters. The Morgan fingerprint density at radius 3 is 2.69 bits per heavy atom. The topological polar surface area (TPSA) is 15.6 Å². The Hall–Kier alpha value is -0.465. The number of hydrogen-bond acceptors (Lipinski definition) is 2. The second kappa shape index (κ2) is 6.31. The lowest BCUT2D eigenvalue weighted by Gasteiger charge is -2.27. The van der Waals surface area contributed by atoms with E-state index in [0.717, 1.165) is 6.42 Å². The van der Waals surface area contributed by atoms with Gasteiger partial charge in [0.15, 0.2) is 0 Å². The van der Waals surface area contributed by atoms with Crippen molar-refractivity contribution in [2.24, 2.45) is 4.99 Å². The van der Waals surface area contributed by atoms with Gasteiger partial charge in [0.1, 0.15) is 0 Å². The van der Waals surface area contributed by atoms with Crippen molar-refractivity contribution in [3.05, 3.63) is 0 Å². The number of nitrogens with zero attached hydrogens (tertiary/aromatic N) is 2. The van der Waals surface area contributed by atoms with Crippen LogP contribution in [0.1, 0.15) is 52.9 Å². The Morgan fingerprint density at radius 1 is 1.44 bits per heavy atom. The third-order valence-corrected chi connectivity index (χ3v) is 3.52. The van der Waals surface area contributed by atoms with Crippen LogP contribution >= 0.6 is 0 Å². The van der Waals surface area contributed by atoms with Crippen LogP contribution < -0.4 is 0 Å². The first-order valence-corrected chi connectivity index (χ1v) is 6.59. The molecule has 1 aliphatic heterocycles. The molecule has 90 valence electrons. The van der Waals surface area contributed by atoms with Gasteiger partial charge in [0.2, 0.25) is 0 Å². The van der Waals surface area contributed by atoms with Crippen molar-refractivity contribution in [3.8, 4) is 0 Å². The summed E-state index contributed by atoms with van der Waals surface area (Å²) >= 11 is 0. The fourth-order valence-corrected chi connectivity index (χ4v) is 2.50. The Kier molecular flexibility index (Phi) is 5.37. The minimum Gasteiger partial charge on any atom is -0.359 e. The van der Waals surface area contributed by atoms with Crippen molar-refractivity contribution in [3.63, 3.8) is 0 Å². The van der Waals surface area contributed by atoms with E-state index in [1.807, 2.05) is 0 Å². The highest BCUT2D eigenvalue weighted by atomic mass is 15.3. The molecule has 2 radical (unpaired) electrons. The minimum absolute atomic E-state index is 0.252. The standard InChI is InChI=1S/C13H25BN2/c1-5-6-7-8-13-12(9-10(2)14)15-11(3)16(13)4/h10,12-13H,5-9H2,1-4H3/t10?,12-,13?/m0/s1. The number of rotatable bonds is 6. The lowest BCUT2D eigenvalue weighted by atomic mass is 9.82. The van der Waals surface area contributed by atoms with Crippen LogP contribution in [0.4, 0.5) is 0 Å². The summed E-state index contributed by atoms with van der Waals surface area (Å²) in [4.78, 5) is 7.07. The summed E-state index contributed by atoms with van der Waals surface area (Å²) in [5, 5.41) is 0. The molecule has 16 heavy (non-hydrogen) atoms. The molecule has 0 amide bonds. The Morgan fingerprint density at radius 2 is 2.12 bits per heavy atom. The van der Waals surface area contributed by atoms with E-state index in [-0.39, 0.29) is 5.82 Å². The summed E-state index contributed by atoms with van der Waals surface area (Å²) in [5.74, 6) is 1.42. The molecule has 0 spiro atoms. The van der Waals surface area contributed by atoms with Gasteiger partial charge < -0.3 is 4.90 Å². The van der Waals surface area contributed by atoms with E-state index in [2.05, 4.69) is 32.7 Å². The maximum atomic E-state index is 5.89. The highest BCUT2D eigenvalue weighted by molar-refractivity contribution is 6.11. The molecular formula is C13H25BN2. The molecule has 0 fully saturated rings. The largest absolute Gasteiger partial charge is 0.359 e. The van der Waals surface area contributed by atoms with Gasteiger partial charge in [-0.25, -0.2) is 0 Å². The third kappa shape index (κ3) is 3.53. The molecule has 1 rings (SSSR count). The number of unbranched alkanes of at least 4 members (excludes halogenated alkanes) is 2. The van der Waals surface area contributed by atoms with Crippen molar-refractivity contribution in [2.75, 3.05) is 7.05 Å². The Bertz CT molecular complexity index is 238. The predicted molar refractivity (Wildman–Crippen MR) is 72.4 cm³/mol. The van der Waals surface area contributed by atoms with E-state index in [4.69, 9.17) is 12.8 Å². The second-order valence-corrected chi connectivity index (χ2v) is 5.13. The molecule has 1 aliphatic rings. The maximum absolute atomic E-state index is 5.89. The summed E-state index contributed by atoms with van der Waals surface area (Å²) < 4.78 is 0. The summed E-state index contributed by atoms with van der Waals surface area (Å²) in [6, 6.07) is 0.999. The van der Waals surface area contributed by atoms with E-state index >= 15 is 0 Å². The molecule has 0 aromatic rings. The normalized spacial score (nSPS) is 27.0. The molecular weight excluding hydrogens is 195 g/mol. The van der Waals surface area contributed by atoms with Crippen LogP contribution in [0.25, 0.3) is 0 Å². The van der Waals surface area contributed by atoms with Gasteiger partial charge in [-0.2, -0.15) is 0 Å². The SMILES string of the molecule is [B]C(C)C[C@@H]1N=C(C)N(C)C1CCCCC. The zero-order chi connectivity index (χ0) is 12.1. The van der Waals surface area contributed by atoms with E-state index in [1.165, 1.54) is 31.5 Å². The first kappa shape index (κ1) is 13.6. The lowest BCUT2D eigenvalue weighted by Crippen LogP contribution is -2.36. The van der Waals surface area contributed by atoms with Gasteiger partial charge in [-0.05, 0) is 19.8 Å². The molecule has 0 aromatic heterocycles. The molecule has 3 heteroatoms. The van der Waals surface area contributed by atoms with Gasteiger partial charge >= 0.3 is 0 Å². The fourth-order valence-electron chi connectivity index (χ4n) is 2.50. The molecule has 1 heterocycles. The Labute approximate surface area is 102 Å².